The van der Waals surface area contributed by atoms with E-state index in [0.717, 1.165) is 38.3 Å². The lowest BCUT2D eigenvalue weighted by molar-refractivity contribution is -0.141. The van der Waals surface area contributed by atoms with E-state index in [0.29, 0.717) is 5.69 Å². The van der Waals surface area contributed by atoms with Gasteiger partial charge in [-0.15, -0.1) is 11.3 Å². The first-order valence-electron chi connectivity index (χ1n) is 10.8. The largest absolute Gasteiger partial charge is 0.436 e. The summed E-state index contributed by atoms with van der Waals surface area (Å²) in [6.45, 7) is 3.55. The van der Waals surface area contributed by atoms with Crippen molar-refractivity contribution >= 4 is 44.7 Å². The van der Waals surface area contributed by atoms with Crippen molar-refractivity contribution in [1.29, 1.82) is 0 Å². The van der Waals surface area contributed by atoms with Crippen LogP contribution in [0.1, 0.15) is 48.7 Å². The minimum atomic E-state index is -4.68. The number of rotatable bonds is 5. The monoisotopic (exact) mass is 504 g/mol. The molecular formula is C24H20ClF3N4OS. The summed E-state index contributed by atoms with van der Waals surface area (Å²) in [6.07, 6.45) is -3.23. The quantitative estimate of drug-likeness (QED) is 0.312. The predicted octanol–water partition coefficient (Wildman–Crippen LogP) is 7.22. The van der Waals surface area contributed by atoms with Gasteiger partial charge in [0, 0.05) is 17.2 Å². The van der Waals surface area contributed by atoms with Crippen LogP contribution in [0.25, 0.3) is 20.8 Å². The summed E-state index contributed by atoms with van der Waals surface area (Å²) in [6, 6.07) is 12.3. The molecule has 5 nitrogen and oxygen atoms in total. The number of benzene rings is 2. The third-order valence-electron chi connectivity index (χ3n) is 5.81. The number of nitrogens with one attached hydrogen (secondary N) is 1. The SMILES string of the molecule is Cc1ccc2nc(-c3ccc(NC(=O)C(C)n4nc(C(F)(F)F)c(Cl)c4C4CC4)cc3)sc2c1. The number of hydrogen-bond acceptors (Lipinski definition) is 4. The smallest absolute Gasteiger partial charge is 0.324 e. The van der Waals surface area contributed by atoms with Crippen molar-refractivity contribution in [2.24, 2.45) is 0 Å². The third-order valence-corrected chi connectivity index (χ3v) is 7.25. The van der Waals surface area contributed by atoms with E-state index < -0.39 is 28.8 Å². The van der Waals surface area contributed by atoms with Crippen LogP contribution in [-0.4, -0.2) is 20.7 Å². The van der Waals surface area contributed by atoms with Gasteiger partial charge in [-0.2, -0.15) is 18.3 Å². The minimum absolute atomic E-state index is 0.108. The van der Waals surface area contributed by atoms with Gasteiger partial charge in [0.05, 0.1) is 20.9 Å². The van der Waals surface area contributed by atoms with E-state index in [2.05, 4.69) is 21.5 Å². The number of thiazole rings is 1. The number of fused-ring (bicyclic) bond motifs is 1. The van der Waals surface area contributed by atoms with E-state index in [1.807, 2.05) is 31.2 Å². The Labute approximate surface area is 202 Å². The second-order valence-corrected chi connectivity index (χ2v) is 9.91. The van der Waals surface area contributed by atoms with Crippen LogP contribution in [0.2, 0.25) is 5.02 Å². The minimum Gasteiger partial charge on any atom is -0.324 e. The molecule has 34 heavy (non-hydrogen) atoms. The number of carbonyl (C=O) groups excluding carboxylic acids is 1. The van der Waals surface area contributed by atoms with E-state index in [4.69, 9.17) is 11.6 Å². The number of aromatic nitrogens is 3. The molecule has 1 saturated carbocycles. The molecule has 1 fully saturated rings. The molecule has 2 aromatic heterocycles. The number of halogens is 4. The summed E-state index contributed by atoms with van der Waals surface area (Å²) in [5.74, 6) is -0.582. The van der Waals surface area contributed by atoms with Crippen molar-refractivity contribution < 1.29 is 18.0 Å². The van der Waals surface area contributed by atoms with Crippen molar-refractivity contribution in [2.75, 3.05) is 5.32 Å². The molecule has 0 saturated heterocycles. The Morgan fingerprint density at radius 2 is 1.91 bits per heavy atom. The van der Waals surface area contributed by atoms with Gasteiger partial charge in [-0.05, 0) is 68.7 Å². The fraction of sp³-hybridized carbons (Fsp3) is 0.292. The average Bonchev–Trinajstić information content (AvgIpc) is 3.43. The number of aryl methyl sites for hydroxylation is 1. The normalized spacial score (nSPS) is 15.0. The Balaban J connectivity index is 1.35. The Morgan fingerprint density at radius 1 is 1.21 bits per heavy atom. The van der Waals surface area contributed by atoms with Crippen LogP contribution in [0, 0.1) is 6.92 Å². The lowest BCUT2D eigenvalue weighted by Gasteiger charge is -2.16. The molecular weight excluding hydrogens is 485 g/mol. The van der Waals surface area contributed by atoms with Gasteiger partial charge in [0.1, 0.15) is 11.0 Å². The first-order chi connectivity index (χ1) is 16.1. The Kier molecular flexibility index (Phi) is 5.64. The first-order valence-corrected chi connectivity index (χ1v) is 11.9. The lowest BCUT2D eigenvalue weighted by atomic mass is 10.2. The second kappa shape index (κ2) is 8.39. The van der Waals surface area contributed by atoms with Crippen LogP contribution in [0.15, 0.2) is 42.5 Å². The zero-order chi connectivity index (χ0) is 24.2. The lowest BCUT2D eigenvalue weighted by Crippen LogP contribution is -2.26. The molecule has 1 atom stereocenters. The Hall–Kier alpha value is -2.91. The Bertz CT molecular complexity index is 1390. The van der Waals surface area contributed by atoms with Gasteiger partial charge in [-0.25, -0.2) is 4.98 Å². The number of amides is 1. The van der Waals surface area contributed by atoms with Crippen molar-refractivity contribution in [1.82, 2.24) is 14.8 Å². The summed E-state index contributed by atoms with van der Waals surface area (Å²) in [4.78, 5) is 17.5. The molecule has 1 unspecified atom stereocenters. The Morgan fingerprint density at radius 3 is 2.56 bits per heavy atom. The van der Waals surface area contributed by atoms with E-state index in [9.17, 15) is 18.0 Å². The van der Waals surface area contributed by atoms with Crippen LogP contribution < -0.4 is 5.32 Å². The molecule has 1 amide bonds. The zero-order valence-electron chi connectivity index (χ0n) is 18.3. The number of alkyl halides is 3. The van der Waals surface area contributed by atoms with E-state index >= 15 is 0 Å². The summed E-state index contributed by atoms with van der Waals surface area (Å²) in [5.41, 5.74) is 2.67. The van der Waals surface area contributed by atoms with E-state index in [-0.39, 0.29) is 11.6 Å². The molecule has 0 aliphatic heterocycles. The summed E-state index contributed by atoms with van der Waals surface area (Å²) in [7, 11) is 0. The van der Waals surface area contributed by atoms with Crippen molar-refractivity contribution in [2.45, 2.75) is 44.8 Å². The number of carbonyl (C=O) groups is 1. The third kappa shape index (κ3) is 4.30. The summed E-state index contributed by atoms with van der Waals surface area (Å²) < 4.78 is 42.2. The molecule has 1 N–H and O–H groups in total. The molecule has 0 radical (unpaired) electrons. The molecule has 1 aliphatic rings. The standard InChI is InChI=1S/C24H20ClF3N4OS/c1-12-3-10-17-18(11-12)34-23(30-17)15-6-8-16(9-7-15)29-22(33)13(2)32-20(14-4-5-14)19(25)21(31-32)24(26,27)28/h3,6-11,13-14H,4-5H2,1-2H3,(H,29,33). The number of hydrogen-bond donors (Lipinski definition) is 1. The molecule has 176 valence electrons. The number of anilines is 1. The van der Waals surface area contributed by atoms with Gasteiger partial charge in [0.2, 0.25) is 5.91 Å². The highest BCUT2D eigenvalue weighted by Crippen LogP contribution is 2.47. The molecule has 5 rings (SSSR count). The van der Waals surface area contributed by atoms with Crippen molar-refractivity contribution in [3.05, 3.63) is 64.4 Å². The van der Waals surface area contributed by atoms with Gasteiger partial charge in [0.15, 0.2) is 5.69 Å². The fourth-order valence-electron chi connectivity index (χ4n) is 3.84. The summed E-state index contributed by atoms with van der Waals surface area (Å²) in [5, 5.41) is 6.90. The number of nitrogens with zero attached hydrogens (tertiary/aromatic N) is 3. The van der Waals surface area contributed by atoms with Crippen LogP contribution >= 0.6 is 22.9 Å². The second-order valence-electron chi connectivity index (χ2n) is 8.50. The predicted molar refractivity (Wildman–Crippen MR) is 127 cm³/mol. The molecule has 2 heterocycles. The fourth-order valence-corrected chi connectivity index (χ4v) is 5.29. The van der Waals surface area contributed by atoms with Gasteiger partial charge in [0.25, 0.3) is 0 Å². The van der Waals surface area contributed by atoms with Crippen LogP contribution in [-0.2, 0) is 11.0 Å². The van der Waals surface area contributed by atoms with Crippen LogP contribution in [0.5, 0.6) is 0 Å². The van der Waals surface area contributed by atoms with Gasteiger partial charge in [-0.3, -0.25) is 9.48 Å². The first kappa shape index (κ1) is 22.9. The molecule has 10 heteroatoms. The van der Waals surface area contributed by atoms with Crippen LogP contribution in [0.4, 0.5) is 18.9 Å². The highest BCUT2D eigenvalue weighted by Gasteiger charge is 2.43. The molecule has 4 aromatic rings. The highest BCUT2D eigenvalue weighted by atomic mass is 35.5. The summed E-state index contributed by atoms with van der Waals surface area (Å²) >= 11 is 7.62. The van der Waals surface area contributed by atoms with Crippen molar-refractivity contribution in [3.8, 4) is 10.6 Å². The maximum Gasteiger partial charge on any atom is 0.436 e. The molecule has 0 spiro atoms. The van der Waals surface area contributed by atoms with E-state index in [1.54, 1.807) is 23.5 Å². The van der Waals surface area contributed by atoms with E-state index in [1.165, 1.54) is 12.5 Å². The topological polar surface area (TPSA) is 59.8 Å². The maximum absolute atomic E-state index is 13.3. The van der Waals surface area contributed by atoms with Crippen molar-refractivity contribution in [3.63, 3.8) is 0 Å². The molecule has 1 aliphatic carbocycles. The van der Waals surface area contributed by atoms with Gasteiger partial charge in [-0.1, -0.05) is 17.7 Å². The molecule has 2 aromatic carbocycles. The van der Waals surface area contributed by atoms with Gasteiger partial charge >= 0.3 is 6.18 Å². The highest BCUT2D eigenvalue weighted by molar-refractivity contribution is 7.21. The maximum atomic E-state index is 13.3. The zero-order valence-corrected chi connectivity index (χ0v) is 19.9. The van der Waals surface area contributed by atoms with Crippen LogP contribution in [0.3, 0.4) is 0 Å². The molecule has 0 bridgehead atoms. The average molecular weight is 505 g/mol. The van der Waals surface area contributed by atoms with Gasteiger partial charge < -0.3 is 5.32 Å².